The van der Waals surface area contributed by atoms with Crippen LogP contribution in [0.3, 0.4) is 0 Å². The van der Waals surface area contributed by atoms with Crippen LogP contribution in [0.2, 0.25) is 0 Å². The zero-order valence-corrected chi connectivity index (χ0v) is 23.6. The van der Waals surface area contributed by atoms with E-state index in [1.165, 1.54) is 35.2 Å². The zero-order valence-electron chi connectivity index (χ0n) is 23.6. The van der Waals surface area contributed by atoms with Gasteiger partial charge in [0, 0.05) is 41.9 Å². The Hall–Kier alpha value is -5.06. The number of para-hydroxylation sites is 1. The van der Waals surface area contributed by atoms with E-state index in [1.54, 1.807) is 20.0 Å². The van der Waals surface area contributed by atoms with Crippen molar-refractivity contribution >= 4 is 22.9 Å². The number of H-pyrrole nitrogens is 1. The van der Waals surface area contributed by atoms with E-state index in [1.807, 2.05) is 25.1 Å². The van der Waals surface area contributed by atoms with Gasteiger partial charge in [-0.2, -0.15) is 5.10 Å². The maximum absolute atomic E-state index is 15.2. The average Bonchev–Trinajstić information content (AvgIpc) is 3.62. The van der Waals surface area contributed by atoms with Crippen LogP contribution in [-0.4, -0.2) is 38.9 Å². The number of hydrogen-bond donors (Lipinski definition) is 1. The van der Waals surface area contributed by atoms with E-state index in [0.29, 0.717) is 35.7 Å². The van der Waals surface area contributed by atoms with Gasteiger partial charge in [-0.05, 0) is 50.6 Å². The molecule has 0 bridgehead atoms. The van der Waals surface area contributed by atoms with Crippen molar-refractivity contribution in [2.24, 2.45) is 7.05 Å². The van der Waals surface area contributed by atoms with Gasteiger partial charge >= 0.3 is 5.97 Å². The summed E-state index contributed by atoms with van der Waals surface area (Å²) in [6.07, 6.45) is 5.02. The monoisotopic (exact) mass is 588 g/mol. The Balaban J connectivity index is 1.35. The minimum absolute atomic E-state index is 0.0225. The van der Waals surface area contributed by atoms with Crippen LogP contribution in [0.4, 0.5) is 13.2 Å². The van der Waals surface area contributed by atoms with E-state index in [2.05, 4.69) is 10.1 Å². The molecule has 5 aromatic rings. The summed E-state index contributed by atoms with van der Waals surface area (Å²) in [6.45, 7) is 4.34. The molecule has 0 fully saturated rings. The second-order valence-corrected chi connectivity index (χ2v) is 10.3. The van der Waals surface area contributed by atoms with Gasteiger partial charge in [-0.15, -0.1) is 0 Å². The first kappa shape index (κ1) is 28.1. The fourth-order valence-corrected chi connectivity index (χ4v) is 5.27. The normalized spacial score (nSPS) is 16.3. The number of esters is 1. The van der Waals surface area contributed by atoms with Crippen molar-refractivity contribution in [3.63, 3.8) is 0 Å². The summed E-state index contributed by atoms with van der Waals surface area (Å²) in [5.41, 5.74) is 1.13. The molecular formula is C32H27F3N4O4. The molecule has 0 radical (unpaired) electrons. The standard InChI is InChI=1S/C32H27F3N4O4/c1-4-41-26(40)11-8-18-6-5-7-22-28(18)42-15-13-32(22,2)31-37-30(39(3)38-31)21-16-19(9-10-23(21)33)43-29-24(34)17-25-20(27(29)35)12-14-36-25/h5-12,14,16-17,36H,4,13,15H2,1-3H3/b11-8+. The fourth-order valence-electron chi connectivity index (χ4n) is 5.27. The summed E-state index contributed by atoms with van der Waals surface area (Å²) in [5.74, 6) is -2.19. The SMILES string of the molecule is CCOC(=O)/C=C/c1cccc2c1OCCC2(C)c1nc(-c2cc(Oc3c(F)cc4[nH]ccc4c3F)ccc2F)n(C)n1. The van der Waals surface area contributed by atoms with Crippen LogP contribution in [0.5, 0.6) is 17.2 Å². The molecule has 1 aliphatic rings. The van der Waals surface area contributed by atoms with Crippen molar-refractivity contribution in [3.8, 4) is 28.6 Å². The van der Waals surface area contributed by atoms with Crippen LogP contribution in [0.1, 0.15) is 37.2 Å². The van der Waals surface area contributed by atoms with Crippen molar-refractivity contribution in [1.29, 1.82) is 0 Å². The van der Waals surface area contributed by atoms with Crippen LogP contribution < -0.4 is 9.47 Å². The molecule has 3 heterocycles. The lowest BCUT2D eigenvalue weighted by atomic mass is 9.76. The van der Waals surface area contributed by atoms with Crippen LogP contribution in [0.15, 0.2) is 60.8 Å². The van der Waals surface area contributed by atoms with Gasteiger partial charge in [0.05, 0.1) is 29.7 Å². The topological polar surface area (TPSA) is 91.3 Å². The number of hydrogen-bond acceptors (Lipinski definition) is 6. The molecule has 43 heavy (non-hydrogen) atoms. The van der Waals surface area contributed by atoms with Crippen LogP contribution in [0, 0.1) is 17.5 Å². The van der Waals surface area contributed by atoms with Crippen molar-refractivity contribution in [2.75, 3.05) is 13.2 Å². The van der Waals surface area contributed by atoms with Crippen molar-refractivity contribution < 1.29 is 32.2 Å². The van der Waals surface area contributed by atoms with Gasteiger partial charge in [0.25, 0.3) is 0 Å². The smallest absolute Gasteiger partial charge is 0.330 e. The Morgan fingerprint density at radius 1 is 1.16 bits per heavy atom. The molecule has 0 amide bonds. The number of carbonyl (C=O) groups excluding carboxylic acids is 1. The minimum Gasteiger partial charge on any atom is -0.493 e. The number of fused-ring (bicyclic) bond motifs is 2. The molecule has 0 spiro atoms. The molecule has 6 rings (SSSR count). The average molecular weight is 589 g/mol. The third-order valence-corrected chi connectivity index (χ3v) is 7.53. The Labute approximate surface area is 244 Å². The summed E-state index contributed by atoms with van der Waals surface area (Å²) in [4.78, 5) is 19.4. The summed E-state index contributed by atoms with van der Waals surface area (Å²) in [7, 11) is 1.64. The highest BCUT2D eigenvalue weighted by Gasteiger charge is 2.40. The number of benzene rings is 3. The zero-order chi connectivity index (χ0) is 30.3. The maximum atomic E-state index is 15.2. The van der Waals surface area contributed by atoms with Gasteiger partial charge < -0.3 is 19.2 Å². The third-order valence-electron chi connectivity index (χ3n) is 7.53. The number of carbonyl (C=O) groups is 1. The number of aromatic amines is 1. The molecule has 3 aromatic carbocycles. The van der Waals surface area contributed by atoms with Crippen LogP contribution in [-0.2, 0) is 22.0 Å². The van der Waals surface area contributed by atoms with E-state index < -0.39 is 34.6 Å². The molecule has 0 saturated carbocycles. The molecule has 0 saturated heterocycles. The lowest BCUT2D eigenvalue weighted by molar-refractivity contribution is -0.137. The number of rotatable bonds is 7. The van der Waals surface area contributed by atoms with E-state index in [0.717, 1.165) is 17.7 Å². The third kappa shape index (κ3) is 5.00. The minimum atomic E-state index is -0.901. The lowest BCUT2D eigenvalue weighted by Crippen LogP contribution is -2.32. The first-order valence-corrected chi connectivity index (χ1v) is 13.6. The highest BCUT2D eigenvalue weighted by atomic mass is 19.1. The van der Waals surface area contributed by atoms with Gasteiger partial charge in [-0.3, -0.25) is 0 Å². The van der Waals surface area contributed by atoms with Gasteiger partial charge in [-0.1, -0.05) is 18.2 Å². The number of aryl methyl sites for hydroxylation is 1. The van der Waals surface area contributed by atoms with Crippen LogP contribution in [0.25, 0.3) is 28.4 Å². The Bertz CT molecular complexity index is 1900. The summed E-state index contributed by atoms with van der Waals surface area (Å²) in [5, 5.41) is 4.82. The van der Waals surface area contributed by atoms with Gasteiger partial charge in [-0.25, -0.2) is 27.6 Å². The van der Waals surface area contributed by atoms with Gasteiger partial charge in [0.15, 0.2) is 29.0 Å². The van der Waals surface area contributed by atoms with E-state index in [-0.39, 0.29) is 29.1 Å². The number of nitrogens with zero attached hydrogens (tertiary/aromatic N) is 3. The highest BCUT2D eigenvalue weighted by Crippen LogP contribution is 2.45. The number of aromatic nitrogens is 4. The lowest BCUT2D eigenvalue weighted by Gasteiger charge is -2.34. The molecule has 1 N–H and O–H groups in total. The summed E-state index contributed by atoms with van der Waals surface area (Å²) in [6, 6.07) is 12.0. The second-order valence-electron chi connectivity index (χ2n) is 10.3. The quantitative estimate of drug-likeness (QED) is 0.165. The van der Waals surface area contributed by atoms with Crippen molar-refractivity contribution in [2.45, 2.75) is 25.7 Å². The van der Waals surface area contributed by atoms with Crippen molar-refractivity contribution in [3.05, 3.63) is 95.2 Å². The Morgan fingerprint density at radius 2 is 2.00 bits per heavy atom. The number of ether oxygens (including phenoxy) is 3. The molecule has 8 nitrogen and oxygen atoms in total. The molecule has 1 atom stereocenters. The predicted molar refractivity (Wildman–Crippen MR) is 153 cm³/mol. The largest absolute Gasteiger partial charge is 0.493 e. The first-order chi connectivity index (χ1) is 20.7. The molecule has 220 valence electrons. The second kappa shape index (κ2) is 11.0. The van der Waals surface area contributed by atoms with E-state index in [4.69, 9.17) is 19.2 Å². The molecule has 0 aliphatic carbocycles. The van der Waals surface area contributed by atoms with E-state index in [9.17, 15) is 9.18 Å². The molecule has 11 heteroatoms. The van der Waals surface area contributed by atoms with Crippen molar-refractivity contribution in [1.82, 2.24) is 19.7 Å². The van der Waals surface area contributed by atoms with E-state index >= 15 is 8.78 Å². The summed E-state index contributed by atoms with van der Waals surface area (Å²) >= 11 is 0. The predicted octanol–water partition coefficient (Wildman–Crippen LogP) is 6.84. The molecule has 1 aliphatic heterocycles. The van der Waals surface area contributed by atoms with Gasteiger partial charge in [0.1, 0.15) is 17.3 Å². The molecular weight excluding hydrogens is 561 g/mol. The maximum Gasteiger partial charge on any atom is 0.330 e. The highest BCUT2D eigenvalue weighted by molar-refractivity contribution is 5.88. The fraction of sp³-hybridized carbons (Fsp3) is 0.219. The first-order valence-electron chi connectivity index (χ1n) is 13.6. The van der Waals surface area contributed by atoms with Gasteiger partial charge in [0.2, 0.25) is 0 Å². The Morgan fingerprint density at radius 3 is 2.81 bits per heavy atom. The molecule has 1 unspecified atom stereocenters. The number of nitrogens with one attached hydrogen (secondary N) is 1. The summed E-state index contributed by atoms with van der Waals surface area (Å²) < 4.78 is 63.0. The Kier molecular flexibility index (Phi) is 7.17. The number of halogens is 3. The molecule has 2 aromatic heterocycles. The van der Waals surface area contributed by atoms with Crippen LogP contribution >= 0.6 is 0 Å².